The van der Waals surface area contributed by atoms with Crippen molar-refractivity contribution in [3.63, 3.8) is 0 Å². The molecule has 1 atom stereocenters. The molecule has 0 saturated carbocycles. The largest absolute Gasteiger partial charge is 0.365 e. The first-order chi connectivity index (χ1) is 7.83. The Labute approximate surface area is 100 Å². The summed E-state index contributed by atoms with van der Waals surface area (Å²) in [6.07, 6.45) is 2.28. The van der Waals surface area contributed by atoms with Gasteiger partial charge < -0.3 is 9.78 Å². The Bertz CT molecular complexity index is 396. The predicted molar refractivity (Wildman–Crippen MR) is 64.4 cm³/mol. The van der Waals surface area contributed by atoms with E-state index in [4.69, 9.17) is 0 Å². The molecule has 1 rings (SSSR count). The number of rotatable bonds is 6. The number of ketones is 1. The van der Waals surface area contributed by atoms with Crippen LogP contribution in [0, 0.1) is 15.5 Å². The highest BCUT2D eigenvalue weighted by molar-refractivity contribution is 5.76. The van der Waals surface area contributed by atoms with Gasteiger partial charge in [-0.15, -0.1) is 0 Å². The highest BCUT2D eigenvalue weighted by Gasteiger charge is 2.39. The molecule has 0 fully saturated rings. The number of hydrogen-bond acceptors (Lipinski definition) is 3. The van der Waals surface area contributed by atoms with Crippen molar-refractivity contribution in [2.45, 2.75) is 39.7 Å². The lowest BCUT2D eigenvalue weighted by Gasteiger charge is -2.26. The summed E-state index contributed by atoms with van der Waals surface area (Å²) in [6.45, 7) is 5.00. The molecule has 0 radical (unpaired) electrons. The Balaban J connectivity index is 2.85. The Morgan fingerprint density at radius 1 is 1.59 bits per heavy atom. The Morgan fingerprint density at radius 3 is 2.65 bits per heavy atom. The number of H-pyrrole nitrogens is 1. The molecule has 1 aromatic rings. The summed E-state index contributed by atoms with van der Waals surface area (Å²) in [5, 5.41) is 11.1. The smallest absolute Gasteiger partial charge is 0.223 e. The van der Waals surface area contributed by atoms with Crippen LogP contribution >= 0.6 is 0 Å². The quantitative estimate of drug-likeness (QED) is 0.469. The van der Waals surface area contributed by atoms with E-state index in [9.17, 15) is 14.9 Å². The zero-order valence-electron chi connectivity index (χ0n) is 10.4. The third-order valence-electron chi connectivity index (χ3n) is 2.94. The standard InChI is InChI=1S/C12H18N2O3/c1-9(15)8-12(2,3)11(14(16)17)7-10-5-4-6-13-10/h4-6,11,13H,7-8H2,1-3H3/i11+1. The van der Waals surface area contributed by atoms with Crippen molar-refractivity contribution >= 4 is 5.78 Å². The molecule has 0 aromatic carbocycles. The van der Waals surface area contributed by atoms with Crippen molar-refractivity contribution in [3.8, 4) is 0 Å². The molecule has 0 amide bonds. The first-order valence-electron chi connectivity index (χ1n) is 5.58. The highest BCUT2D eigenvalue weighted by Crippen LogP contribution is 2.29. The average molecular weight is 239 g/mol. The van der Waals surface area contributed by atoms with Gasteiger partial charge in [-0.1, -0.05) is 13.8 Å². The molecular weight excluding hydrogens is 221 g/mol. The number of aromatic amines is 1. The van der Waals surface area contributed by atoms with Crippen LogP contribution in [0.2, 0.25) is 0 Å². The first-order valence-corrected chi connectivity index (χ1v) is 5.58. The lowest BCUT2D eigenvalue weighted by atomic mass is 9.91. The van der Waals surface area contributed by atoms with Crippen molar-refractivity contribution in [2.75, 3.05) is 0 Å². The van der Waals surface area contributed by atoms with Crippen LogP contribution in [-0.2, 0) is 11.2 Å². The molecule has 0 aliphatic heterocycles. The van der Waals surface area contributed by atoms with Crippen molar-refractivity contribution in [3.05, 3.63) is 34.1 Å². The zero-order valence-corrected chi connectivity index (χ0v) is 10.4. The molecule has 5 heteroatoms. The van der Waals surface area contributed by atoms with Gasteiger partial charge >= 0.3 is 0 Å². The fourth-order valence-electron chi connectivity index (χ4n) is 2.10. The zero-order chi connectivity index (χ0) is 13.1. The van der Waals surface area contributed by atoms with Gasteiger partial charge in [-0.3, -0.25) is 10.1 Å². The average Bonchev–Trinajstić information content (AvgIpc) is 2.63. The van der Waals surface area contributed by atoms with Gasteiger partial charge in [-0.25, -0.2) is 0 Å². The molecular formula is C12H18N2O3. The van der Waals surface area contributed by atoms with E-state index >= 15 is 0 Å². The number of Topliss-reactive ketones (excluding diaryl/α,β-unsaturated/α-hetero) is 1. The molecule has 17 heavy (non-hydrogen) atoms. The number of nitro groups is 1. The van der Waals surface area contributed by atoms with Crippen LogP contribution in [0.4, 0.5) is 0 Å². The van der Waals surface area contributed by atoms with E-state index in [1.54, 1.807) is 20.0 Å². The maximum absolute atomic E-state index is 11.2. The van der Waals surface area contributed by atoms with Crippen LogP contribution < -0.4 is 0 Å². The van der Waals surface area contributed by atoms with E-state index in [0.717, 1.165) is 5.69 Å². The molecule has 0 bridgehead atoms. The SMILES string of the molecule is CC(=O)CC(C)(C)[13CH](Cc1ccc[nH]1)[N+](=O)[O-]. The normalized spacial score (nSPS) is 13.4. The molecule has 0 aliphatic rings. The van der Waals surface area contributed by atoms with Gasteiger partial charge in [0, 0.05) is 28.6 Å². The van der Waals surface area contributed by atoms with Crippen LogP contribution in [0.25, 0.3) is 0 Å². The Hall–Kier alpha value is -1.65. The fraction of sp³-hybridized carbons (Fsp3) is 0.583. The summed E-state index contributed by atoms with van der Waals surface area (Å²) in [4.78, 5) is 25.0. The van der Waals surface area contributed by atoms with E-state index in [-0.39, 0.29) is 17.1 Å². The van der Waals surface area contributed by atoms with E-state index in [1.807, 2.05) is 12.1 Å². The van der Waals surface area contributed by atoms with Gasteiger partial charge in [-0.05, 0) is 19.1 Å². The van der Waals surface area contributed by atoms with Gasteiger partial charge in [0.05, 0.1) is 6.42 Å². The summed E-state index contributed by atoms with van der Waals surface area (Å²) in [6, 6.07) is 2.87. The summed E-state index contributed by atoms with van der Waals surface area (Å²) in [5.41, 5.74) is 0.184. The molecule has 0 saturated heterocycles. The highest BCUT2D eigenvalue weighted by atomic mass is 16.6. The second kappa shape index (κ2) is 5.12. The molecule has 0 spiro atoms. The summed E-state index contributed by atoms with van der Waals surface area (Å²) >= 11 is 0. The number of aromatic nitrogens is 1. The summed E-state index contributed by atoms with van der Waals surface area (Å²) < 4.78 is 0. The number of carbonyl (C=O) groups excluding carboxylic acids is 1. The molecule has 5 nitrogen and oxygen atoms in total. The van der Waals surface area contributed by atoms with Crippen LogP contribution in [-0.4, -0.2) is 21.7 Å². The van der Waals surface area contributed by atoms with Crippen LogP contribution in [0.3, 0.4) is 0 Å². The molecule has 1 heterocycles. The number of nitrogens with zero attached hydrogens (tertiary/aromatic N) is 1. The van der Waals surface area contributed by atoms with Crippen LogP contribution in [0.15, 0.2) is 18.3 Å². The van der Waals surface area contributed by atoms with Gasteiger partial charge in [-0.2, -0.15) is 0 Å². The second-order valence-electron chi connectivity index (χ2n) is 5.07. The monoisotopic (exact) mass is 239 g/mol. The Morgan fingerprint density at radius 2 is 2.24 bits per heavy atom. The Kier molecular flexibility index (Phi) is 4.04. The minimum atomic E-state index is -0.759. The van der Waals surface area contributed by atoms with E-state index in [1.165, 1.54) is 6.92 Å². The third-order valence-corrected chi connectivity index (χ3v) is 2.94. The third kappa shape index (κ3) is 3.69. The maximum Gasteiger partial charge on any atom is 0.223 e. The van der Waals surface area contributed by atoms with Crippen LogP contribution in [0.1, 0.15) is 32.9 Å². The van der Waals surface area contributed by atoms with E-state index in [2.05, 4.69) is 4.98 Å². The van der Waals surface area contributed by atoms with Gasteiger partial charge in [0.2, 0.25) is 6.04 Å². The molecule has 1 N–H and O–H groups in total. The van der Waals surface area contributed by atoms with Crippen molar-refractivity contribution < 1.29 is 9.72 Å². The number of carbonyl (C=O) groups is 1. The fourth-order valence-corrected chi connectivity index (χ4v) is 2.10. The number of hydrogen-bond donors (Lipinski definition) is 1. The van der Waals surface area contributed by atoms with Gasteiger partial charge in [0.15, 0.2) is 0 Å². The first kappa shape index (κ1) is 13.4. The molecule has 0 aliphatic carbocycles. The maximum atomic E-state index is 11.2. The lowest BCUT2D eigenvalue weighted by molar-refractivity contribution is -0.540. The van der Waals surface area contributed by atoms with E-state index < -0.39 is 11.5 Å². The van der Waals surface area contributed by atoms with Crippen molar-refractivity contribution in [1.82, 2.24) is 4.98 Å². The number of nitrogens with one attached hydrogen (secondary N) is 1. The van der Waals surface area contributed by atoms with E-state index in [0.29, 0.717) is 6.42 Å². The minimum Gasteiger partial charge on any atom is -0.365 e. The predicted octanol–water partition coefficient (Wildman–Crippen LogP) is 2.21. The van der Waals surface area contributed by atoms with Crippen molar-refractivity contribution in [2.24, 2.45) is 5.41 Å². The second-order valence-corrected chi connectivity index (χ2v) is 5.07. The van der Waals surface area contributed by atoms with Crippen molar-refractivity contribution in [1.29, 1.82) is 0 Å². The summed E-state index contributed by atoms with van der Waals surface area (Å²) in [7, 11) is 0. The van der Waals surface area contributed by atoms with Gasteiger partial charge in [0.1, 0.15) is 5.78 Å². The topological polar surface area (TPSA) is 76.0 Å². The lowest BCUT2D eigenvalue weighted by Crippen LogP contribution is -2.39. The minimum absolute atomic E-state index is 0.0201. The molecule has 94 valence electrons. The van der Waals surface area contributed by atoms with Crippen LogP contribution in [0.5, 0.6) is 0 Å². The van der Waals surface area contributed by atoms with Gasteiger partial charge in [0.25, 0.3) is 0 Å². The molecule has 1 aromatic heterocycles. The molecule has 1 unspecified atom stereocenters. The summed E-state index contributed by atoms with van der Waals surface area (Å²) in [5.74, 6) is -0.0201.